The van der Waals surface area contributed by atoms with Crippen LogP contribution in [-0.2, 0) is 64.0 Å². The van der Waals surface area contributed by atoms with Gasteiger partial charge in [-0.3, -0.25) is 0 Å². The molecule has 75 valence electrons. The standard InChI is InChI=1S/Au.2H2O3S2/c;2*1-5(2,3)4/h;2*(H2,1,2,3,4)/p-2. The molecule has 0 aliphatic carbocycles. The summed E-state index contributed by atoms with van der Waals surface area (Å²) < 4.78 is 50.6. The third-order valence-electron chi connectivity index (χ3n) is 0. The van der Waals surface area contributed by atoms with E-state index in [1.54, 1.807) is 0 Å². The third-order valence-corrected chi connectivity index (χ3v) is 0. The van der Waals surface area contributed by atoms with Crippen LogP contribution < -0.4 is 0 Å². The fraction of sp³-hybridized carbons (Fsp3) is 0. The van der Waals surface area contributed by atoms with Gasteiger partial charge in [0.05, 0.1) is 0 Å². The minimum atomic E-state index is -4.08. The zero-order valence-electron chi connectivity index (χ0n) is 4.46. The molecular formula is H2AuO6S4-2. The molecule has 0 bridgehead atoms. The smallest absolute Gasteiger partial charge is 0.145 e. The molecule has 1 radical (unpaired) electrons. The molecule has 2 N–H and O–H groups in total. The van der Waals surface area contributed by atoms with E-state index >= 15 is 0 Å². The summed E-state index contributed by atoms with van der Waals surface area (Å²) in [6.45, 7) is 0. The van der Waals surface area contributed by atoms with Crippen molar-refractivity contribution in [3.05, 3.63) is 0 Å². The van der Waals surface area contributed by atoms with Gasteiger partial charge in [0.2, 0.25) is 0 Å². The number of hydrogen-bond donors (Lipinski definition) is 2. The molecule has 0 saturated carbocycles. The fourth-order valence-corrected chi connectivity index (χ4v) is 0. The van der Waals surface area contributed by atoms with Crippen LogP contribution in [0, 0.1) is 0 Å². The van der Waals surface area contributed by atoms with Crippen molar-refractivity contribution in [2.24, 2.45) is 0 Å². The molecule has 0 aliphatic heterocycles. The van der Waals surface area contributed by atoms with Gasteiger partial charge < -0.3 is 32.4 Å². The van der Waals surface area contributed by atoms with Crippen molar-refractivity contribution in [1.82, 2.24) is 0 Å². The average Bonchev–Trinajstić information content (AvgIpc) is 1.12. The molecule has 11 heavy (non-hydrogen) atoms. The second-order valence-electron chi connectivity index (χ2n) is 0.855. The summed E-state index contributed by atoms with van der Waals surface area (Å²) in [6.07, 6.45) is 0. The van der Waals surface area contributed by atoms with Gasteiger partial charge in [0.25, 0.3) is 0 Å². The zero-order chi connectivity index (χ0) is 9.00. The van der Waals surface area contributed by atoms with Crippen LogP contribution in [0.25, 0.3) is 0 Å². The maximum absolute atomic E-state index is 9.00. The molecule has 0 aliphatic rings. The summed E-state index contributed by atoms with van der Waals surface area (Å²) in [7, 11) is -8.17. The SMILES string of the molecule is O=S(=O)(O)[S-].O=S(=O)(O)[S-].[Au]. The minimum absolute atomic E-state index is 0. The first-order valence-electron chi connectivity index (χ1n) is 1.37. The van der Waals surface area contributed by atoms with Gasteiger partial charge in [-0.05, 0) is 0 Å². The maximum atomic E-state index is 9.00. The van der Waals surface area contributed by atoms with Gasteiger partial charge in [-0.25, -0.2) is 16.8 Å². The second-order valence-corrected chi connectivity index (χ2v) is 5.09. The summed E-state index contributed by atoms with van der Waals surface area (Å²) in [5.41, 5.74) is 0. The molecule has 0 aromatic rings. The van der Waals surface area contributed by atoms with Crippen molar-refractivity contribution in [2.45, 2.75) is 0 Å². The molecule has 6 nitrogen and oxygen atoms in total. The molecule has 0 saturated heterocycles. The van der Waals surface area contributed by atoms with Crippen LogP contribution in [0.1, 0.15) is 0 Å². The Balaban J connectivity index is -0.000000107. The van der Waals surface area contributed by atoms with E-state index in [2.05, 4.69) is 23.3 Å². The zero-order valence-corrected chi connectivity index (χ0v) is 9.89. The number of rotatable bonds is 0. The summed E-state index contributed by atoms with van der Waals surface area (Å²) in [4.78, 5) is 0. The van der Waals surface area contributed by atoms with Crippen LogP contribution in [0.4, 0.5) is 0 Å². The van der Waals surface area contributed by atoms with E-state index < -0.39 is 18.3 Å². The van der Waals surface area contributed by atoms with E-state index in [4.69, 9.17) is 25.9 Å². The van der Waals surface area contributed by atoms with Gasteiger partial charge in [-0.2, -0.15) is 0 Å². The minimum Gasteiger partial charge on any atom is -0.619 e. The van der Waals surface area contributed by atoms with Crippen molar-refractivity contribution < 1.29 is 48.3 Å². The molecule has 0 aromatic heterocycles. The van der Waals surface area contributed by atoms with Gasteiger partial charge in [-0.1, -0.05) is 0 Å². The van der Waals surface area contributed by atoms with Crippen LogP contribution in [0.15, 0.2) is 0 Å². The molecular weight excluding hydrogens is 421 g/mol. The largest absolute Gasteiger partial charge is 0.619 e. The second kappa shape index (κ2) is 6.74. The molecule has 0 unspecified atom stereocenters. The molecule has 0 spiro atoms. The topological polar surface area (TPSA) is 109 Å². The van der Waals surface area contributed by atoms with Crippen molar-refractivity contribution in [2.75, 3.05) is 0 Å². The molecule has 0 fully saturated rings. The molecule has 0 rings (SSSR count). The van der Waals surface area contributed by atoms with Crippen LogP contribution >= 0.6 is 0 Å². The van der Waals surface area contributed by atoms with E-state index in [0.29, 0.717) is 0 Å². The van der Waals surface area contributed by atoms with Gasteiger partial charge in [0.15, 0.2) is 0 Å². The monoisotopic (exact) mass is 423 g/mol. The van der Waals surface area contributed by atoms with E-state index in [0.717, 1.165) is 0 Å². The van der Waals surface area contributed by atoms with E-state index in [-0.39, 0.29) is 22.4 Å². The third kappa shape index (κ3) is 608. The predicted molar refractivity (Wildman–Crippen MR) is 37.8 cm³/mol. The predicted octanol–water partition coefficient (Wildman–Crippen LogP) is -1.33. The van der Waals surface area contributed by atoms with E-state index in [1.165, 1.54) is 0 Å². The Bertz CT molecular complexity index is 211. The van der Waals surface area contributed by atoms with E-state index in [9.17, 15) is 0 Å². The number of hydrogen-bond acceptors (Lipinski definition) is 6. The molecule has 0 atom stereocenters. The van der Waals surface area contributed by atoms with Crippen molar-refractivity contribution in [3.63, 3.8) is 0 Å². The Kier molecular flexibility index (Phi) is 11.1. The Hall–Kier alpha value is 1.26. The van der Waals surface area contributed by atoms with Crippen molar-refractivity contribution in [1.29, 1.82) is 0 Å². The van der Waals surface area contributed by atoms with Gasteiger partial charge in [0, 0.05) is 22.4 Å². The Morgan fingerprint density at radius 3 is 0.818 bits per heavy atom. The first-order valence-corrected chi connectivity index (χ1v) is 6.10. The molecule has 0 heterocycles. The van der Waals surface area contributed by atoms with Crippen LogP contribution in [-0.4, -0.2) is 25.9 Å². The van der Waals surface area contributed by atoms with Gasteiger partial charge in [-0.15, -0.1) is 0 Å². The molecule has 0 amide bonds. The Morgan fingerprint density at radius 1 is 0.818 bits per heavy atom. The first kappa shape index (κ1) is 18.1. The Morgan fingerprint density at radius 2 is 0.818 bits per heavy atom. The summed E-state index contributed by atoms with van der Waals surface area (Å²) in [5.74, 6) is 0. The van der Waals surface area contributed by atoms with Crippen LogP contribution in [0.2, 0.25) is 0 Å². The summed E-state index contributed by atoms with van der Waals surface area (Å²) >= 11 is 6.71. The maximum Gasteiger partial charge on any atom is 0.145 e. The normalized spacial score (nSPS) is 10.5. The van der Waals surface area contributed by atoms with Gasteiger partial charge in [0.1, 0.15) is 18.3 Å². The fourth-order valence-electron chi connectivity index (χ4n) is 0. The average molecular weight is 423 g/mol. The van der Waals surface area contributed by atoms with Crippen molar-refractivity contribution >= 4 is 41.6 Å². The van der Waals surface area contributed by atoms with Crippen LogP contribution in [0.3, 0.4) is 0 Å². The molecule has 0 aromatic carbocycles. The Labute approximate surface area is 89.4 Å². The summed E-state index contributed by atoms with van der Waals surface area (Å²) in [6, 6.07) is 0. The van der Waals surface area contributed by atoms with E-state index in [1.807, 2.05) is 0 Å². The van der Waals surface area contributed by atoms with Crippen molar-refractivity contribution in [3.8, 4) is 0 Å². The molecule has 11 heteroatoms. The van der Waals surface area contributed by atoms with Gasteiger partial charge >= 0.3 is 0 Å². The van der Waals surface area contributed by atoms with Crippen LogP contribution in [0.5, 0.6) is 0 Å². The first-order chi connectivity index (χ1) is 4.00. The summed E-state index contributed by atoms with van der Waals surface area (Å²) in [5, 5.41) is 0. The quantitative estimate of drug-likeness (QED) is 0.214.